The Kier molecular flexibility index (Phi) is 4.98. The van der Waals surface area contributed by atoms with Crippen molar-refractivity contribution in [3.63, 3.8) is 0 Å². The number of halogens is 2. The number of benzene rings is 3. The molecular formula is C21H14BrFN2O2. The van der Waals surface area contributed by atoms with E-state index in [2.05, 4.69) is 26.1 Å². The Balaban J connectivity index is 1.46. The average Bonchev–Trinajstić information content (AvgIpc) is 3.18. The zero-order valence-electron chi connectivity index (χ0n) is 14.1. The molecule has 27 heavy (non-hydrogen) atoms. The van der Waals surface area contributed by atoms with Gasteiger partial charge in [-0.25, -0.2) is 4.39 Å². The van der Waals surface area contributed by atoms with Gasteiger partial charge in [0, 0.05) is 11.1 Å². The Morgan fingerprint density at radius 1 is 0.889 bits per heavy atom. The van der Waals surface area contributed by atoms with Gasteiger partial charge in [0.25, 0.3) is 5.89 Å². The predicted octanol–water partition coefficient (Wildman–Crippen LogP) is 5.88. The SMILES string of the molecule is Fc1ccc(-c2noc(-c3ccc(COc4ccccc4Br)cc3)n2)cc1. The van der Waals surface area contributed by atoms with Gasteiger partial charge in [-0.3, -0.25) is 0 Å². The minimum Gasteiger partial charge on any atom is -0.488 e. The van der Waals surface area contributed by atoms with Gasteiger partial charge in [0.15, 0.2) is 0 Å². The minimum atomic E-state index is -0.303. The summed E-state index contributed by atoms with van der Waals surface area (Å²) >= 11 is 3.46. The molecule has 0 bridgehead atoms. The number of nitrogens with zero attached hydrogens (tertiary/aromatic N) is 2. The first-order valence-corrected chi connectivity index (χ1v) is 9.04. The molecular weight excluding hydrogens is 411 g/mol. The lowest BCUT2D eigenvalue weighted by molar-refractivity contribution is 0.304. The summed E-state index contributed by atoms with van der Waals surface area (Å²) in [5.74, 6) is 1.32. The van der Waals surface area contributed by atoms with Gasteiger partial charge in [-0.15, -0.1) is 0 Å². The summed E-state index contributed by atoms with van der Waals surface area (Å²) < 4.78 is 25.1. The lowest BCUT2D eigenvalue weighted by Gasteiger charge is -2.08. The number of hydrogen-bond donors (Lipinski definition) is 0. The van der Waals surface area contributed by atoms with Crippen LogP contribution in [0.5, 0.6) is 5.75 Å². The normalized spacial score (nSPS) is 10.7. The van der Waals surface area contributed by atoms with Crippen molar-refractivity contribution in [2.45, 2.75) is 6.61 Å². The van der Waals surface area contributed by atoms with Crippen LogP contribution in [0, 0.1) is 5.82 Å². The molecule has 134 valence electrons. The quantitative estimate of drug-likeness (QED) is 0.401. The van der Waals surface area contributed by atoms with Gasteiger partial charge in [-0.05, 0) is 70.0 Å². The van der Waals surface area contributed by atoms with E-state index in [9.17, 15) is 4.39 Å². The molecule has 0 saturated heterocycles. The molecule has 0 aliphatic rings. The summed E-state index contributed by atoms with van der Waals surface area (Å²) in [6.45, 7) is 0.452. The molecule has 0 saturated carbocycles. The van der Waals surface area contributed by atoms with Crippen molar-refractivity contribution in [1.82, 2.24) is 10.1 Å². The van der Waals surface area contributed by atoms with Gasteiger partial charge in [0.1, 0.15) is 18.2 Å². The largest absolute Gasteiger partial charge is 0.488 e. The van der Waals surface area contributed by atoms with Gasteiger partial charge >= 0.3 is 0 Å². The maximum atomic E-state index is 13.0. The topological polar surface area (TPSA) is 48.2 Å². The van der Waals surface area contributed by atoms with Crippen LogP contribution in [0.1, 0.15) is 5.56 Å². The van der Waals surface area contributed by atoms with E-state index in [1.165, 1.54) is 12.1 Å². The molecule has 4 nitrogen and oxygen atoms in total. The van der Waals surface area contributed by atoms with Crippen molar-refractivity contribution >= 4 is 15.9 Å². The molecule has 0 N–H and O–H groups in total. The first kappa shape index (κ1) is 17.4. The lowest BCUT2D eigenvalue weighted by atomic mass is 10.1. The molecule has 0 aliphatic carbocycles. The third-order valence-corrected chi connectivity index (χ3v) is 4.62. The first-order chi connectivity index (χ1) is 13.2. The highest BCUT2D eigenvalue weighted by molar-refractivity contribution is 9.10. The van der Waals surface area contributed by atoms with E-state index in [1.54, 1.807) is 12.1 Å². The molecule has 3 aromatic carbocycles. The fourth-order valence-corrected chi connectivity index (χ4v) is 2.92. The summed E-state index contributed by atoms with van der Waals surface area (Å²) in [5.41, 5.74) is 2.53. The maximum Gasteiger partial charge on any atom is 0.258 e. The fraction of sp³-hybridized carbons (Fsp3) is 0.0476. The second-order valence-electron chi connectivity index (χ2n) is 5.85. The third kappa shape index (κ3) is 4.06. The van der Waals surface area contributed by atoms with Crippen LogP contribution >= 0.6 is 15.9 Å². The van der Waals surface area contributed by atoms with Crippen LogP contribution in [0.2, 0.25) is 0 Å². The van der Waals surface area contributed by atoms with E-state index in [-0.39, 0.29) is 5.82 Å². The summed E-state index contributed by atoms with van der Waals surface area (Å²) in [7, 11) is 0. The van der Waals surface area contributed by atoms with Gasteiger partial charge in [-0.2, -0.15) is 4.98 Å². The number of rotatable bonds is 5. The summed E-state index contributed by atoms with van der Waals surface area (Å²) in [5, 5.41) is 3.96. The highest BCUT2D eigenvalue weighted by atomic mass is 79.9. The molecule has 1 aromatic heterocycles. The molecule has 0 spiro atoms. The molecule has 0 unspecified atom stereocenters. The molecule has 0 atom stereocenters. The van der Waals surface area contributed by atoms with Crippen LogP contribution in [-0.4, -0.2) is 10.1 Å². The van der Waals surface area contributed by atoms with Gasteiger partial charge in [0.2, 0.25) is 5.82 Å². The molecule has 0 aliphatic heterocycles. The van der Waals surface area contributed by atoms with E-state index >= 15 is 0 Å². The third-order valence-electron chi connectivity index (χ3n) is 3.96. The fourth-order valence-electron chi connectivity index (χ4n) is 2.52. The monoisotopic (exact) mass is 424 g/mol. The summed E-state index contributed by atoms with van der Waals surface area (Å²) in [4.78, 5) is 4.38. The van der Waals surface area contributed by atoms with Crippen LogP contribution in [-0.2, 0) is 6.61 Å². The molecule has 0 radical (unpaired) electrons. The van der Waals surface area contributed by atoms with Gasteiger partial charge in [0.05, 0.1) is 4.47 Å². The second kappa shape index (κ2) is 7.72. The van der Waals surface area contributed by atoms with Gasteiger partial charge < -0.3 is 9.26 Å². The molecule has 1 heterocycles. The smallest absolute Gasteiger partial charge is 0.258 e. The Bertz CT molecular complexity index is 1050. The Morgan fingerprint density at radius 2 is 1.59 bits per heavy atom. The van der Waals surface area contributed by atoms with E-state index < -0.39 is 0 Å². The van der Waals surface area contributed by atoms with Crippen molar-refractivity contribution in [2.24, 2.45) is 0 Å². The van der Waals surface area contributed by atoms with Gasteiger partial charge in [-0.1, -0.05) is 29.4 Å². The van der Waals surface area contributed by atoms with E-state index in [4.69, 9.17) is 9.26 Å². The van der Waals surface area contributed by atoms with Crippen molar-refractivity contribution in [1.29, 1.82) is 0 Å². The number of aromatic nitrogens is 2. The molecule has 0 amide bonds. The van der Waals surface area contributed by atoms with Crippen molar-refractivity contribution in [3.05, 3.63) is 88.6 Å². The van der Waals surface area contributed by atoms with E-state index in [1.807, 2.05) is 48.5 Å². The summed E-state index contributed by atoms with van der Waals surface area (Å²) in [6.07, 6.45) is 0. The highest BCUT2D eigenvalue weighted by Crippen LogP contribution is 2.26. The van der Waals surface area contributed by atoms with Crippen molar-refractivity contribution in [3.8, 4) is 28.6 Å². The van der Waals surface area contributed by atoms with Crippen LogP contribution in [0.15, 0.2) is 81.8 Å². The van der Waals surface area contributed by atoms with Crippen molar-refractivity contribution < 1.29 is 13.7 Å². The van der Waals surface area contributed by atoms with E-state index in [0.29, 0.717) is 23.9 Å². The molecule has 0 fully saturated rings. The lowest BCUT2D eigenvalue weighted by Crippen LogP contribution is -1.95. The Hall–Kier alpha value is -2.99. The van der Waals surface area contributed by atoms with E-state index in [0.717, 1.165) is 21.3 Å². The maximum absolute atomic E-state index is 13.0. The van der Waals surface area contributed by atoms with Crippen LogP contribution in [0.25, 0.3) is 22.8 Å². The Morgan fingerprint density at radius 3 is 2.33 bits per heavy atom. The van der Waals surface area contributed by atoms with Crippen LogP contribution in [0.4, 0.5) is 4.39 Å². The molecule has 4 rings (SSSR count). The number of hydrogen-bond acceptors (Lipinski definition) is 4. The zero-order valence-corrected chi connectivity index (χ0v) is 15.7. The van der Waals surface area contributed by atoms with Crippen LogP contribution < -0.4 is 4.74 Å². The molecule has 4 aromatic rings. The second-order valence-corrected chi connectivity index (χ2v) is 6.70. The number of para-hydroxylation sites is 1. The first-order valence-electron chi connectivity index (χ1n) is 8.25. The molecule has 6 heteroatoms. The number of ether oxygens (including phenoxy) is 1. The summed E-state index contributed by atoms with van der Waals surface area (Å²) in [6, 6.07) is 21.4. The standard InChI is InChI=1S/C21H14BrFN2O2/c22-18-3-1-2-4-19(18)26-13-14-5-7-16(8-6-14)21-24-20(25-27-21)15-9-11-17(23)12-10-15/h1-12H,13H2. The predicted molar refractivity (Wildman–Crippen MR) is 104 cm³/mol. The minimum absolute atomic E-state index is 0.303. The highest BCUT2D eigenvalue weighted by Gasteiger charge is 2.11. The Labute approximate surface area is 163 Å². The average molecular weight is 425 g/mol. The van der Waals surface area contributed by atoms with Crippen molar-refractivity contribution in [2.75, 3.05) is 0 Å². The zero-order chi connectivity index (χ0) is 18.6. The van der Waals surface area contributed by atoms with Crippen LogP contribution in [0.3, 0.4) is 0 Å².